The Morgan fingerprint density at radius 3 is 2.59 bits per heavy atom. The van der Waals surface area contributed by atoms with Gasteiger partial charge in [0.25, 0.3) is 0 Å². The van der Waals surface area contributed by atoms with E-state index < -0.39 is 0 Å². The largest absolute Gasteiger partial charge is 0.341 e. The number of hydrogen-bond donors (Lipinski definition) is 1. The number of carbonyl (C=O) groups is 1. The number of carbonyl (C=O) groups excluding carboxylic acids is 1. The van der Waals surface area contributed by atoms with Gasteiger partial charge in [0.05, 0.1) is 6.04 Å². The van der Waals surface area contributed by atoms with Gasteiger partial charge in [-0.2, -0.15) is 0 Å². The molecule has 1 saturated heterocycles. The van der Waals surface area contributed by atoms with E-state index in [0.717, 1.165) is 45.6 Å². The van der Waals surface area contributed by atoms with Crippen LogP contribution in [-0.4, -0.2) is 61.5 Å². The molecule has 1 aliphatic heterocycles. The summed E-state index contributed by atoms with van der Waals surface area (Å²) in [6, 6.07) is -0.0432. The maximum Gasteiger partial charge on any atom is 0.239 e. The summed E-state index contributed by atoms with van der Waals surface area (Å²) in [4.78, 5) is 16.3. The molecule has 100 valence electrons. The van der Waals surface area contributed by atoms with Gasteiger partial charge in [0, 0.05) is 26.2 Å². The molecule has 0 aromatic rings. The first-order valence-electron chi connectivity index (χ1n) is 6.86. The second kappa shape index (κ2) is 7.67. The van der Waals surface area contributed by atoms with Crippen molar-refractivity contribution in [2.45, 2.75) is 39.2 Å². The average molecular weight is 241 g/mol. The SMILES string of the molecule is CCN(C)CCNC(C)C(=O)N1CCCCC1. The molecule has 0 aliphatic carbocycles. The third-order valence-corrected chi connectivity index (χ3v) is 3.52. The van der Waals surface area contributed by atoms with Gasteiger partial charge in [-0.15, -0.1) is 0 Å². The molecular weight excluding hydrogens is 214 g/mol. The molecule has 1 atom stereocenters. The summed E-state index contributed by atoms with van der Waals surface area (Å²) < 4.78 is 0. The summed E-state index contributed by atoms with van der Waals surface area (Å²) in [5.41, 5.74) is 0. The summed E-state index contributed by atoms with van der Waals surface area (Å²) in [6.07, 6.45) is 3.60. The van der Waals surface area contributed by atoms with Crippen molar-refractivity contribution in [1.82, 2.24) is 15.1 Å². The van der Waals surface area contributed by atoms with Gasteiger partial charge in [0.15, 0.2) is 0 Å². The van der Waals surface area contributed by atoms with E-state index in [2.05, 4.69) is 24.2 Å². The number of piperidine rings is 1. The molecular formula is C13H27N3O. The zero-order valence-corrected chi connectivity index (χ0v) is 11.5. The fourth-order valence-corrected chi connectivity index (χ4v) is 2.11. The summed E-state index contributed by atoms with van der Waals surface area (Å²) in [5.74, 6) is 0.267. The second-order valence-corrected chi connectivity index (χ2v) is 4.96. The molecule has 0 radical (unpaired) electrons. The van der Waals surface area contributed by atoms with E-state index in [-0.39, 0.29) is 11.9 Å². The molecule has 1 N–H and O–H groups in total. The van der Waals surface area contributed by atoms with Crippen LogP contribution in [0.2, 0.25) is 0 Å². The van der Waals surface area contributed by atoms with Gasteiger partial charge >= 0.3 is 0 Å². The number of nitrogens with one attached hydrogen (secondary N) is 1. The van der Waals surface area contributed by atoms with Crippen molar-refractivity contribution in [1.29, 1.82) is 0 Å². The molecule has 1 amide bonds. The smallest absolute Gasteiger partial charge is 0.239 e. The number of nitrogens with zero attached hydrogens (tertiary/aromatic N) is 2. The first-order valence-corrected chi connectivity index (χ1v) is 6.86. The van der Waals surface area contributed by atoms with Crippen molar-refractivity contribution in [2.75, 3.05) is 39.8 Å². The highest BCUT2D eigenvalue weighted by Gasteiger charge is 2.21. The number of hydrogen-bond acceptors (Lipinski definition) is 3. The Morgan fingerprint density at radius 1 is 1.35 bits per heavy atom. The average Bonchev–Trinajstić information content (AvgIpc) is 2.38. The lowest BCUT2D eigenvalue weighted by atomic mass is 10.1. The molecule has 4 heteroatoms. The zero-order chi connectivity index (χ0) is 12.7. The van der Waals surface area contributed by atoms with E-state index in [1.807, 2.05) is 11.8 Å². The van der Waals surface area contributed by atoms with E-state index in [0.29, 0.717) is 0 Å². The van der Waals surface area contributed by atoms with Gasteiger partial charge in [0.1, 0.15) is 0 Å². The van der Waals surface area contributed by atoms with E-state index >= 15 is 0 Å². The fraction of sp³-hybridized carbons (Fsp3) is 0.923. The van der Waals surface area contributed by atoms with E-state index in [1.165, 1.54) is 6.42 Å². The van der Waals surface area contributed by atoms with Crippen LogP contribution in [0.25, 0.3) is 0 Å². The van der Waals surface area contributed by atoms with E-state index in [9.17, 15) is 4.79 Å². The Balaban J connectivity index is 2.21. The zero-order valence-electron chi connectivity index (χ0n) is 11.5. The molecule has 1 fully saturated rings. The van der Waals surface area contributed by atoms with Crippen LogP contribution >= 0.6 is 0 Å². The molecule has 0 bridgehead atoms. The van der Waals surface area contributed by atoms with Crippen molar-refractivity contribution in [2.24, 2.45) is 0 Å². The van der Waals surface area contributed by atoms with Gasteiger partial charge in [0.2, 0.25) is 5.91 Å². The minimum Gasteiger partial charge on any atom is -0.341 e. The van der Waals surface area contributed by atoms with Gasteiger partial charge in [-0.05, 0) is 39.8 Å². The molecule has 0 aromatic heterocycles. The van der Waals surface area contributed by atoms with Crippen molar-refractivity contribution < 1.29 is 4.79 Å². The van der Waals surface area contributed by atoms with Crippen LogP contribution in [0.3, 0.4) is 0 Å². The normalized spacial score (nSPS) is 18.5. The van der Waals surface area contributed by atoms with Crippen LogP contribution in [0, 0.1) is 0 Å². The van der Waals surface area contributed by atoms with Crippen LogP contribution < -0.4 is 5.32 Å². The Hall–Kier alpha value is -0.610. The van der Waals surface area contributed by atoms with Crippen molar-refractivity contribution in [3.05, 3.63) is 0 Å². The molecule has 1 rings (SSSR count). The first kappa shape index (κ1) is 14.5. The topological polar surface area (TPSA) is 35.6 Å². The highest BCUT2D eigenvalue weighted by molar-refractivity contribution is 5.81. The minimum absolute atomic E-state index is 0.0432. The summed E-state index contributed by atoms with van der Waals surface area (Å²) in [6.45, 7) is 8.93. The van der Waals surface area contributed by atoms with Crippen LogP contribution in [0.4, 0.5) is 0 Å². The third-order valence-electron chi connectivity index (χ3n) is 3.52. The van der Waals surface area contributed by atoms with Gasteiger partial charge in [-0.25, -0.2) is 0 Å². The third kappa shape index (κ3) is 5.04. The molecule has 0 spiro atoms. The lowest BCUT2D eigenvalue weighted by molar-refractivity contribution is -0.133. The number of likely N-dealkylation sites (tertiary alicyclic amines) is 1. The van der Waals surface area contributed by atoms with Gasteiger partial charge < -0.3 is 15.1 Å². The summed E-state index contributed by atoms with van der Waals surface area (Å²) >= 11 is 0. The summed E-state index contributed by atoms with van der Waals surface area (Å²) in [7, 11) is 2.10. The Bertz CT molecular complexity index is 227. The maximum absolute atomic E-state index is 12.1. The predicted molar refractivity (Wildman–Crippen MR) is 71.1 cm³/mol. The fourth-order valence-electron chi connectivity index (χ4n) is 2.11. The van der Waals surface area contributed by atoms with Crippen LogP contribution in [0.5, 0.6) is 0 Å². The molecule has 1 aliphatic rings. The second-order valence-electron chi connectivity index (χ2n) is 4.96. The Labute approximate surface area is 105 Å². The van der Waals surface area contributed by atoms with Crippen LogP contribution in [0.15, 0.2) is 0 Å². The van der Waals surface area contributed by atoms with Crippen molar-refractivity contribution in [3.63, 3.8) is 0 Å². The standard InChI is InChI=1S/C13H27N3O/c1-4-15(3)11-8-14-12(2)13(17)16-9-6-5-7-10-16/h12,14H,4-11H2,1-3H3. The monoisotopic (exact) mass is 241 g/mol. The van der Waals surface area contributed by atoms with Crippen LogP contribution in [0.1, 0.15) is 33.1 Å². The van der Waals surface area contributed by atoms with Gasteiger partial charge in [-0.3, -0.25) is 4.79 Å². The van der Waals surface area contributed by atoms with E-state index in [4.69, 9.17) is 0 Å². The number of rotatable bonds is 6. The highest BCUT2D eigenvalue weighted by atomic mass is 16.2. The molecule has 1 heterocycles. The molecule has 4 nitrogen and oxygen atoms in total. The molecule has 1 unspecified atom stereocenters. The predicted octanol–water partition coefficient (Wildman–Crippen LogP) is 0.929. The Kier molecular flexibility index (Phi) is 6.52. The van der Waals surface area contributed by atoms with Crippen LogP contribution in [-0.2, 0) is 4.79 Å². The highest BCUT2D eigenvalue weighted by Crippen LogP contribution is 2.09. The van der Waals surface area contributed by atoms with E-state index in [1.54, 1.807) is 0 Å². The number of amides is 1. The minimum atomic E-state index is -0.0432. The lowest BCUT2D eigenvalue weighted by Gasteiger charge is -2.29. The first-order chi connectivity index (χ1) is 8.15. The van der Waals surface area contributed by atoms with Gasteiger partial charge in [-0.1, -0.05) is 6.92 Å². The molecule has 17 heavy (non-hydrogen) atoms. The lowest BCUT2D eigenvalue weighted by Crippen LogP contribution is -2.48. The summed E-state index contributed by atoms with van der Waals surface area (Å²) in [5, 5.41) is 3.31. The molecule has 0 aromatic carbocycles. The maximum atomic E-state index is 12.1. The number of likely N-dealkylation sites (N-methyl/N-ethyl adjacent to an activating group) is 1. The quantitative estimate of drug-likeness (QED) is 0.751. The molecule has 0 saturated carbocycles. The van der Waals surface area contributed by atoms with Crippen molar-refractivity contribution >= 4 is 5.91 Å². The Morgan fingerprint density at radius 2 is 2.00 bits per heavy atom. The van der Waals surface area contributed by atoms with Crippen molar-refractivity contribution in [3.8, 4) is 0 Å².